The van der Waals surface area contributed by atoms with Crippen LogP contribution in [-0.4, -0.2) is 46.6 Å². The second kappa shape index (κ2) is 7.78. The predicted octanol–water partition coefficient (Wildman–Crippen LogP) is 3.81. The maximum absolute atomic E-state index is 13.4. The normalized spacial score (nSPS) is 17.6. The lowest BCUT2D eigenvalue weighted by molar-refractivity contribution is -0.143. The largest absolute Gasteiger partial charge is 0.408 e. The van der Waals surface area contributed by atoms with Crippen LogP contribution in [0.1, 0.15) is 23.0 Å². The molecule has 0 aliphatic carbocycles. The molecule has 0 saturated carbocycles. The third kappa shape index (κ3) is 4.44. The molecule has 10 heteroatoms. The van der Waals surface area contributed by atoms with Crippen LogP contribution in [0.4, 0.5) is 28.0 Å². The fourth-order valence-corrected chi connectivity index (χ4v) is 3.36. The van der Waals surface area contributed by atoms with Crippen LogP contribution in [0.5, 0.6) is 0 Å². The van der Waals surface area contributed by atoms with Crippen molar-refractivity contribution in [2.45, 2.75) is 32.6 Å². The second-order valence-corrected chi connectivity index (χ2v) is 6.58. The van der Waals surface area contributed by atoms with E-state index in [1.807, 2.05) is 0 Å². The smallest absolute Gasteiger partial charge is 0.377 e. The maximum Gasteiger partial charge on any atom is 0.408 e. The average molecular weight is 400 g/mol. The van der Waals surface area contributed by atoms with Gasteiger partial charge in [0.15, 0.2) is 0 Å². The standard InChI is InChI=1S/C18H20F4N4O2/c1-11-16(12(2)26(24-11)10-18(20,21)22)15-9-28-7-6-25(15)17(27)23-14-5-3-4-13(19)8-14/h3-5,8,15H,6-7,9-10H2,1-2H3,(H,23,27)/t15-/m1/s1. The Morgan fingerprint density at radius 1 is 1.36 bits per heavy atom. The van der Waals surface area contributed by atoms with Crippen LogP contribution in [0.15, 0.2) is 24.3 Å². The number of morpholine rings is 1. The van der Waals surface area contributed by atoms with Crippen molar-refractivity contribution >= 4 is 11.7 Å². The molecule has 152 valence electrons. The average Bonchev–Trinajstić information content (AvgIpc) is 2.86. The highest BCUT2D eigenvalue weighted by Crippen LogP contribution is 2.31. The number of nitrogens with zero attached hydrogens (tertiary/aromatic N) is 3. The third-order valence-electron chi connectivity index (χ3n) is 4.56. The molecule has 3 rings (SSSR count). The minimum absolute atomic E-state index is 0.135. The topological polar surface area (TPSA) is 59.4 Å². The first-order valence-corrected chi connectivity index (χ1v) is 8.67. The Labute approximate surface area is 159 Å². The van der Waals surface area contributed by atoms with Crippen LogP contribution in [0, 0.1) is 19.7 Å². The molecule has 2 amide bonds. The molecule has 28 heavy (non-hydrogen) atoms. The molecule has 1 atom stereocenters. The van der Waals surface area contributed by atoms with Crippen molar-refractivity contribution in [3.05, 3.63) is 47.0 Å². The van der Waals surface area contributed by atoms with Crippen LogP contribution in [-0.2, 0) is 11.3 Å². The monoisotopic (exact) mass is 400 g/mol. The zero-order chi connectivity index (χ0) is 20.5. The van der Waals surface area contributed by atoms with Gasteiger partial charge in [0.25, 0.3) is 0 Å². The number of amides is 2. The van der Waals surface area contributed by atoms with Crippen molar-refractivity contribution in [3.63, 3.8) is 0 Å². The van der Waals surface area contributed by atoms with Gasteiger partial charge >= 0.3 is 12.2 Å². The van der Waals surface area contributed by atoms with Gasteiger partial charge in [-0.15, -0.1) is 0 Å². The zero-order valence-corrected chi connectivity index (χ0v) is 15.4. The molecule has 2 aromatic rings. The maximum atomic E-state index is 13.4. The Morgan fingerprint density at radius 2 is 2.11 bits per heavy atom. The number of carbonyl (C=O) groups excluding carboxylic acids is 1. The summed E-state index contributed by atoms with van der Waals surface area (Å²) >= 11 is 0. The number of hydrogen-bond acceptors (Lipinski definition) is 3. The summed E-state index contributed by atoms with van der Waals surface area (Å²) in [6.45, 7) is 2.61. The summed E-state index contributed by atoms with van der Waals surface area (Å²) in [6.07, 6.45) is -4.40. The van der Waals surface area contributed by atoms with Crippen molar-refractivity contribution in [3.8, 4) is 0 Å². The van der Waals surface area contributed by atoms with Crippen molar-refractivity contribution in [2.75, 3.05) is 25.1 Å². The van der Waals surface area contributed by atoms with E-state index in [9.17, 15) is 22.4 Å². The minimum atomic E-state index is -4.40. The first kappa shape index (κ1) is 20.1. The molecule has 1 saturated heterocycles. The quantitative estimate of drug-likeness (QED) is 0.798. The van der Waals surface area contributed by atoms with Gasteiger partial charge in [-0.2, -0.15) is 18.3 Å². The van der Waals surface area contributed by atoms with E-state index in [2.05, 4.69) is 10.4 Å². The highest BCUT2D eigenvalue weighted by atomic mass is 19.4. The van der Waals surface area contributed by atoms with Gasteiger partial charge < -0.3 is 15.0 Å². The van der Waals surface area contributed by atoms with Crippen molar-refractivity contribution < 1.29 is 27.1 Å². The van der Waals surface area contributed by atoms with Gasteiger partial charge in [-0.1, -0.05) is 6.07 Å². The number of halogens is 4. The number of benzene rings is 1. The fourth-order valence-electron chi connectivity index (χ4n) is 3.36. The summed E-state index contributed by atoms with van der Waals surface area (Å²) < 4.78 is 58.1. The van der Waals surface area contributed by atoms with E-state index in [-0.39, 0.29) is 18.8 Å². The van der Waals surface area contributed by atoms with E-state index < -0.39 is 30.6 Å². The van der Waals surface area contributed by atoms with Crippen molar-refractivity contribution in [2.24, 2.45) is 0 Å². The Morgan fingerprint density at radius 3 is 2.79 bits per heavy atom. The van der Waals surface area contributed by atoms with Gasteiger partial charge in [-0.25, -0.2) is 9.18 Å². The molecule has 2 heterocycles. The molecular formula is C18H20F4N4O2. The van der Waals surface area contributed by atoms with Crippen LogP contribution >= 0.6 is 0 Å². The van der Waals surface area contributed by atoms with Crippen LogP contribution in [0.2, 0.25) is 0 Å². The molecule has 1 N–H and O–H groups in total. The minimum Gasteiger partial charge on any atom is -0.377 e. The van der Waals surface area contributed by atoms with Gasteiger partial charge in [0.05, 0.1) is 24.9 Å². The number of anilines is 1. The molecule has 0 spiro atoms. The van der Waals surface area contributed by atoms with Gasteiger partial charge in [0.1, 0.15) is 12.4 Å². The third-order valence-corrected chi connectivity index (χ3v) is 4.56. The van der Waals surface area contributed by atoms with E-state index in [0.29, 0.717) is 23.6 Å². The lowest BCUT2D eigenvalue weighted by Crippen LogP contribution is -2.45. The molecule has 1 aliphatic rings. The van der Waals surface area contributed by atoms with E-state index in [0.717, 1.165) is 4.68 Å². The molecule has 1 aromatic carbocycles. The number of nitrogens with one attached hydrogen (secondary N) is 1. The highest BCUT2D eigenvalue weighted by molar-refractivity contribution is 5.89. The molecule has 6 nitrogen and oxygen atoms in total. The number of urea groups is 1. The van der Waals surface area contributed by atoms with Crippen LogP contribution in [0.25, 0.3) is 0 Å². The van der Waals surface area contributed by atoms with E-state index in [1.165, 1.54) is 23.1 Å². The van der Waals surface area contributed by atoms with E-state index in [4.69, 9.17) is 4.74 Å². The predicted molar refractivity (Wildman–Crippen MR) is 93.4 cm³/mol. The summed E-state index contributed by atoms with van der Waals surface area (Å²) in [7, 11) is 0. The van der Waals surface area contributed by atoms with E-state index in [1.54, 1.807) is 19.9 Å². The summed E-state index contributed by atoms with van der Waals surface area (Å²) in [5.74, 6) is -0.489. The van der Waals surface area contributed by atoms with Gasteiger partial charge in [-0.05, 0) is 32.0 Å². The highest BCUT2D eigenvalue weighted by Gasteiger charge is 2.35. The zero-order valence-electron chi connectivity index (χ0n) is 15.4. The lowest BCUT2D eigenvalue weighted by atomic mass is 10.0. The molecular weight excluding hydrogens is 380 g/mol. The first-order chi connectivity index (χ1) is 13.2. The molecule has 1 aromatic heterocycles. The summed E-state index contributed by atoms with van der Waals surface area (Å²) in [5, 5.41) is 6.61. The molecule has 1 fully saturated rings. The first-order valence-electron chi connectivity index (χ1n) is 8.67. The molecule has 0 radical (unpaired) electrons. The number of hydrogen-bond donors (Lipinski definition) is 1. The number of alkyl halides is 3. The van der Waals surface area contributed by atoms with Gasteiger partial charge in [0, 0.05) is 23.5 Å². The fraction of sp³-hybridized carbons (Fsp3) is 0.444. The van der Waals surface area contributed by atoms with E-state index >= 15 is 0 Å². The second-order valence-electron chi connectivity index (χ2n) is 6.58. The summed E-state index contributed by atoms with van der Waals surface area (Å²) in [6, 6.07) is 4.39. The number of aromatic nitrogens is 2. The Hall–Kier alpha value is -2.62. The Balaban J connectivity index is 1.86. The number of rotatable bonds is 3. The molecule has 1 aliphatic heterocycles. The van der Waals surface area contributed by atoms with Crippen LogP contribution in [0.3, 0.4) is 0 Å². The van der Waals surface area contributed by atoms with Gasteiger partial charge in [-0.3, -0.25) is 4.68 Å². The number of ether oxygens (including phenoxy) is 1. The SMILES string of the molecule is Cc1nn(CC(F)(F)F)c(C)c1[C@H]1COCCN1C(=O)Nc1cccc(F)c1. The Kier molecular flexibility index (Phi) is 5.59. The summed E-state index contributed by atoms with van der Waals surface area (Å²) in [4.78, 5) is 14.2. The number of aryl methyl sites for hydroxylation is 1. The lowest BCUT2D eigenvalue weighted by Gasteiger charge is -2.36. The molecule has 0 bridgehead atoms. The summed E-state index contributed by atoms with van der Waals surface area (Å²) in [5.41, 5.74) is 1.55. The van der Waals surface area contributed by atoms with Gasteiger partial charge in [0.2, 0.25) is 0 Å². The number of carbonyl (C=O) groups is 1. The van der Waals surface area contributed by atoms with Crippen LogP contribution < -0.4 is 5.32 Å². The molecule has 0 unspecified atom stereocenters. The van der Waals surface area contributed by atoms with Crippen molar-refractivity contribution in [1.29, 1.82) is 0 Å². The van der Waals surface area contributed by atoms with Crippen molar-refractivity contribution in [1.82, 2.24) is 14.7 Å². The Bertz CT molecular complexity index is 866.